The van der Waals surface area contributed by atoms with E-state index in [1.807, 2.05) is 0 Å². The van der Waals surface area contributed by atoms with Crippen LogP contribution in [0.3, 0.4) is 0 Å². The van der Waals surface area contributed by atoms with E-state index in [1.165, 1.54) is 0 Å². The number of amides is 1. The first-order valence-electron chi connectivity index (χ1n) is 5.78. The van der Waals surface area contributed by atoms with Gasteiger partial charge in [0.1, 0.15) is 0 Å². The molecule has 1 amide bonds. The molecule has 16 heavy (non-hydrogen) atoms. The monoisotopic (exact) mass is 243 g/mol. The molecule has 1 unspecified atom stereocenters. The normalized spacial score (nSPS) is 20.6. The molecule has 1 saturated heterocycles. The smallest absolute Gasteiger partial charge is 0.225 e. The van der Waals surface area contributed by atoms with Crippen LogP contribution >= 0.6 is 11.8 Å². The van der Waals surface area contributed by atoms with Gasteiger partial charge in [-0.05, 0) is 5.92 Å². The Morgan fingerprint density at radius 3 is 2.06 bits per heavy atom. The maximum atomic E-state index is 11.0. The molecular weight excluding hydrogens is 218 g/mol. The molecule has 2 nitrogen and oxygen atoms in total. The van der Waals surface area contributed by atoms with Crippen molar-refractivity contribution in [1.82, 2.24) is 5.32 Å². The minimum Gasteiger partial charge on any atom is -0.329 e. The van der Waals surface area contributed by atoms with Crippen molar-refractivity contribution in [2.75, 3.05) is 0 Å². The highest BCUT2D eigenvalue weighted by Crippen LogP contribution is 2.34. The third kappa shape index (κ3) is 7.80. The maximum absolute atomic E-state index is 11.0. The van der Waals surface area contributed by atoms with E-state index in [0.29, 0.717) is 6.42 Å². The number of rotatable bonds is 1. The minimum absolute atomic E-state index is 0.0988. The summed E-state index contributed by atoms with van der Waals surface area (Å²) in [6, 6.07) is 0. The second-order valence-corrected chi connectivity index (χ2v) is 7.76. The van der Waals surface area contributed by atoms with Crippen LogP contribution in [-0.2, 0) is 4.79 Å². The quantitative estimate of drug-likeness (QED) is 0.762. The van der Waals surface area contributed by atoms with Gasteiger partial charge >= 0.3 is 0 Å². The van der Waals surface area contributed by atoms with Crippen molar-refractivity contribution in [3.8, 4) is 0 Å². The van der Waals surface area contributed by atoms with Crippen molar-refractivity contribution in [3.63, 3.8) is 0 Å². The van der Waals surface area contributed by atoms with Gasteiger partial charge in [0.15, 0.2) is 0 Å². The second kappa shape index (κ2) is 6.33. The zero-order valence-corrected chi connectivity index (χ0v) is 12.2. The van der Waals surface area contributed by atoms with E-state index in [2.05, 4.69) is 53.4 Å². The van der Waals surface area contributed by atoms with Crippen LogP contribution in [0.2, 0.25) is 0 Å². The Morgan fingerprint density at radius 1 is 1.38 bits per heavy atom. The van der Waals surface area contributed by atoms with E-state index in [-0.39, 0.29) is 15.9 Å². The summed E-state index contributed by atoms with van der Waals surface area (Å²) in [7, 11) is 0. The van der Waals surface area contributed by atoms with Crippen LogP contribution in [0.15, 0.2) is 12.3 Å². The molecule has 0 saturated carbocycles. The molecule has 3 heteroatoms. The topological polar surface area (TPSA) is 29.1 Å². The average Bonchev–Trinajstić information content (AvgIpc) is 2.24. The third-order valence-corrected chi connectivity index (χ3v) is 3.00. The van der Waals surface area contributed by atoms with Gasteiger partial charge in [0.2, 0.25) is 5.91 Å². The van der Waals surface area contributed by atoms with E-state index in [1.54, 1.807) is 11.8 Å². The van der Waals surface area contributed by atoms with Crippen molar-refractivity contribution in [2.24, 2.45) is 5.92 Å². The maximum Gasteiger partial charge on any atom is 0.225 e. The molecule has 0 spiro atoms. The summed E-state index contributed by atoms with van der Waals surface area (Å²) in [4.78, 5) is 11.0. The fraction of sp³-hybridized carbons (Fsp3) is 0.769. The molecule has 1 rings (SSSR count). The molecule has 94 valence electrons. The van der Waals surface area contributed by atoms with E-state index < -0.39 is 0 Å². The molecule has 1 heterocycles. The first-order chi connectivity index (χ1) is 7.11. The lowest BCUT2D eigenvalue weighted by molar-refractivity contribution is -0.118. The van der Waals surface area contributed by atoms with Crippen molar-refractivity contribution in [1.29, 1.82) is 0 Å². The number of hydrogen-bond donors (Lipinski definition) is 1. The molecule has 0 aromatic rings. The summed E-state index contributed by atoms with van der Waals surface area (Å²) in [5.74, 6) is 0.932. The Morgan fingerprint density at radius 2 is 1.81 bits per heavy atom. The Bertz CT molecular complexity index is 250. The van der Waals surface area contributed by atoms with Gasteiger partial charge in [0.05, 0.1) is 5.25 Å². The largest absolute Gasteiger partial charge is 0.329 e. The Labute approximate surface area is 104 Å². The van der Waals surface area contributed by atoms with E-state index >= 15 is 0 Å². The number of carbonyl (C=O) groups is 1. The molecule has 0 bridgehead atoms. The van der Waals surface area contributed by atoms with E-state index in [4.69, 9.17) is 0 Å². The van der Waals surface area contributed by atoms with Crippen LogP contribution in [0.5, 0.6) is 0 Å². The average molecular weight is 243 g/mol. The van der Waals surface area contributed by atoms with Gasteiger partial charge in [0, 0.05) is 16.9 Å². The minimum atomic E-state index is 0.0988. The van der Waals surface area contributed by atoms with E-state index in [9.17, 15) is 4.79 Å². The molecular formula is C13H25NOS. The zero-order valence-electron chi connectivity index (χ0n) is 11.4. The first kappa shape index (κ1) is 15.6. The summed E-state index contributed by atoms with van der Waals surface area (Å²) in [6.07, 6.45) is 0.584. The molecule has 1 N–H and O–H groups in total. The molecule has 0 radical (unpaired) electrons. The summed E-state index contributed by atoms with van der Waals surface area (Å²) in [5, 5.41) is 3.00. The molecule has 1 fully saturated rings. The third-order valence-electron chi connectivity index (χ3n) is 1.56. The predicted molar refractivity (Wildman–Crippen MR) is 73.5 cm³/mol. The van der Waals surface area contributed by atoms with Gasteiger partial charge in [-0.15, -0.1) is 11.8 Å². The summed E-state index contributed by atoms with van der Waals surface area (Å²) >= 11 is 1.79. The number of carbonyl (C=O) groups excluding carboxylic acids is 1. The molecule has 1 aliphatic heterocycles. The highest BCUT2D eigenvalue weighted by atomic mass is 32.2. The van der Waals surface area contributed by atoms with Crippen LogP contribution in [0, 0.1) is 5.92 Å². The van der Waals surface area contributed by atoms with Crippen LogP contribution in [0.25, 0.3) is 0 Å². The second-order valence-electron chi connectivity index (χ2n) is 5.73. The summed E-state index contributed by atoms with van der Waals surface area (Å²) < 4.78 is 0.194. The SMILES string of the molecule is C=C1NC(=O)CC1SC(C)(C)C.CC(C)C. The van der Waals surface area contributed by atoms with Crippen LogP contribution in [-0.4, -0.2) is 15.9 Å². The molecule has 0 aliphatic carbocycles. The molecule has 0 aromatic carbocycles. The summed E-state index contributed by atoms with van der Waals surface area (Å²) in [6.45, 7) is 16.8. The summed E-state index contributed by atoms with van der Waals surface area (Å²) in [5.41, 5.74) is 0.861. The van der Waals surface area contributed by atoms with Gasteiger partial charge in [-0.3, -0.25) is 4.79 Å². The van der Waals surface area contributed by atoms with Gasteiger partial charge in [0.25, 0.3) is 0 Å². The fourth-order valence-electron chi connectivity index (χ4n) is 1.14. The van der Waals surface area contributed by atoms with Crippen molar-refractivity contribution < 1.29 is 4.79 Å². The van der Waals surface area contributed by atoms with Crippen LogP contribution in [0.1, 0.15) is 48.0 Å². The molecule has 1 aliphatic rings. The Balaban J connectivity index is 0.000000487. The highest BCUT2D eigenvalue weighted by molar-refractivity contribution is 8.01. The van der Waals surface area contributed by atoms with Gasteiger partial charge < -0.3 is 5.32 Å². The number of nitrogens with one attached hydrogen (secondary N) is 1. The first-order valence-corrected chi connectivity index (χ1v) is 6.66. The fourth-order valence-corrected chi connectivity index (χ4v) is 2.43. The standard InChI is InChI=1S/C9H15NOS.C4H10/c1-6-7(5-8(11)10-6)12-9(2,3)4;1-4(2)3/h7H,1,5H2,2-4H3,(H,10,11);4H,1-3H3. The van der Waals surface area contributed by atoms with Gasteiger partial charge in [-0.1, -0.05) is 48.1 Å². The number of hydrogen-bond acceptors (Lipinski definition) is 2. The lowest BCUT2D eigenvalue weighted by Crippen LogP contribution is -2.16. The van der Waals surface area contributed by atoms with Gasteiger partial charge in [-0.25, -0.2) is 0 Å². The van der Waals surface area contributed by atoms with Crippen molar-refractivity contribution >= 4 is 17.7 Å². The van der Waals surface area contributed by atoms with Gasteiger partial charge in [-0.2, -0.15) is 0 Å². The van der Waals surface area contributed by atoms with Crippen LogP contribution in [0.4, 0.5) is 0 Å². The molecule has 1 atom stereocenters. The number of thioether (sulfide) groups is 1. The lowest BCUT2D eigenvalue weighted by atomic mass is 10.3. The Kier molecular flexibility index (Phi) is 6.16. The predicted octanol–water partition coefficient (Wildman–Crippen LogP) is 3.58. The lowest BCUT2D eigenvalue weighted by Gasteiger charge is -2.21. The molecule has 0 aromatic heterocycles. The van der Waals surface area contributed by atoms with Crippen LogP contribution < -0.4 is 5.32 Å². The Hall–Kier alpha value is -0.440. The zero-order chi connectivity index (χ0) is 12.9. The van der Waals surface area contributed by atoms with Crippen molar-refractivity contribution in [2.45, 2.75) is 58.0 Å². The highest BCUT2D eigenvalue weighted by Gasteiger charge is 2.29. The van der Waals surface area contributed by atoms with E-state index in [0.717, 1.165) is 11.6 Å². The van der Waals surface area contributed by atoms with Crippen molar-refractivity contribution in [3.05, 3.63) is 12.3 Å².